The van der Waals surface area contributed by atoms with Gasteiger partial charge in [0.05, 0.1) is 25.9 Å². The molecule has 0 aliphatic carbocycles. The summed E-state index contributed by atoms with van der Waals surface area (Å²) in [7, 11) is 1.60. The summed E-state index contributed by atoms with van der Waals surface area (Å²) in [5.41, 5.74) is 4.27. The van der Waals surface area contributed by atoms with Gasteiger partial charge in [-0.15, -0.1) is 0 Å². The maximum atomic E-state index is 12.8. The van der Waals surface area contributed by atoms with E-state index in [-0.39, 0.29) is 5.91 Å². The number of rotatable bonds is 4. The van der Waals surface area contributed by atoms with Gasteiger partial charge in [0.15, 0.2) is 0 Å². The molecule has 4 nitrogen and oxygen atoms in total. The van der Waals surface area contributed by atoms with Crippen LogP contribution in [0.2, 0.25) is 0 Å². The van der Waals surface area contributed by atoms with Crippen molar-refractivity contribution >= 4 is 5.91 Å². The third-order valence-electron chi connectivity index (χ3n) is 4.45. The van der Waals surface area contributed by atoms with Crippen molar-refractivity contribution in [1.29, 1.82) is 0 Å². The van der Waals surface area contributed by atoms with Crippen molar-refractivity contribution in [2.75, 3.05) is 33.4 Å². The van der Waals surface area contributed by atoms with E-state index >= 15 is 0 Å². The van der Waals surface area contributed by atoms with Crippen molar-refractivity contribution in [3.63, 3.8) is 0 Å². The van der Waals surface area contributed by atoms with E-state index in [1.807, 2.05) is 35.2 Å². The summed E-state index contributed by atoms with van der Waals surface area (Å²) in [4.78, 5) is 14.7. The van der Waals surface area contributed by atoms with Gasteiger partial charge >= 0.3 is 0 Å². The van der Waals surface area contributed by atoms with Gasteiger partial charge in [-0.25, -0.2) is 0 Å². The first-order valence-corrected chi connectivity index (χ1v) is 8.27. The topological polar surface area (TPSA) is 38.8 Å². The van der Waals surface area contributed by atoms with Gasteiger partial charge in [-0.3, -0.25) is 4.79 Å². The highest BCUT2D eigenvalue weighted by molar-refractivity contribution is 5.97. The molecule has 4 heteroatoms. The van der Waals surface area contributed by atoms with Crippen molar-refractivity contribution in [3.8, 4) is 5.75 Å². The molecule has 1 saturated heterocycles. The smallest absolute Gasteiger partial charge is 0.257 e. The molecule has 126 valence electrons. The van der Waals surface area contributed by atoms with E-state index in [0.29, 0.717) is 37.6 Å². The molecule has 1 heterocycles. The monoisotopic (exact) mass is 325 g/mol. The van der Waals surface area contributed by atoms with E-state index in [1.165, 1.54) is 11.1 Å². The SMILES string of the molecule is COc1ccc(Cc2ccccc2C)cc1C(=O)N1CCOCC1. The van der Waals surface area contributed by atoms with E-state index in [0.717, 1.165) is 12.0 Å². The Morgan fingerprint density at radius 2 is 1.92 bits per heavy atom. The Kier molecular flexibility index (Phi) is 5.16. The predicted molar refractivity (Wildman–Crippen MR) is 93.7 cm³/mol. The van der Waals surface area contributed by atoms with Crippen LogP contribution in [0.15, 0.2) is 42.5 Å². The molecule has 1 aliphatic rings. The Morgan fingerprint density at radius 3 is 2.62 bits per heavy atom. The predicted octanol–water partition coefficient (Wildman–Crippen LogP) is 3.07. The number of carbonyl (C=O) groups excluding carboxylic acids is 1. The van der Waals surface area contributed by atoms with Gasteiger partial charge in [0.25, 0.3) is 5.91 Å². The Bertz CT molecular complexity index is 721. The summed E-state index contributed by atoms with van der Waals surface area (Å²) in [6.07, 6.45) is 0.806. The van der Waals surface area contributed by atoms with Crippen molar-refractivity contribution in [2.45, 2.75) is 13.3 Å². The molecule has 0 N–H and O–H groups in total. The van der Waals surface area contributed by atoms with Crippen molar-refractivity contribution in [2.24, 2.45) is 0 Å². The molecule has 2 aromatic rings. The average Bonchev–Trinajstić information content (AvgIpc) is 2.63. The minimum absolute atomic E-state index is 0.0155. The molecular weight excluding hydrogens is 302 g/mol. The highest BCUT2D eigenvalue weighted by atomic mass is 16.5. The Hall–Kier alpha value is -2.33. The maximum absolute atomic E-state index is 12.8. The van der Waals surface area contributed by atoms with Crippen molar-refractivity contribution in [3.05, 3.63) is 64.7 Å². The third kappa shape index (κ3) is 3.60. The molecule has 3 rings (SSSR count). The fourth-order valence-corrected chi connectivity index (χ4v) is 3.00. The summed E-state index contributed by atoms with van der Waals surface area (Å²) < 4.78 is 10.7. The van der Waals surface area contributed by atoms with Crippen LogP contribution in [0.5, 0.6) is 5.75 Å². The summed E-state index contributed by atoms with van der Waals surface area (Å²) in [6, 6.07) is 14.2. The Morgan fingerprint density at radius 1 is 1.17 bits per heavy atom. The number of hydrogen-bond donors (Lipinski definition) is 0. The molecule has 0 unspecified atom stereocenters. The number of nitrogens with zero attached hydrogens (tertiary/aromatic N) is 1. The van der Waals surface area contributed by atoms with Crippen LogP contribution >= 0.6 is 0 Å². The lowest BCUT2D eigenvalue weighted by atomic mass is 9.98. The van der Waals surface area contributed by atoms with Crippen LogP contribution in [-0.2, 0) is 11.2 Å². The Balaban J connectivity index is 1.87. The fourth-order valence-electron chi connectivity index (χ4n) is 3.00. The minimum atomic E-state index is 0.0155. The van der Waals surface area contributed by atoms with Gasteiger partial charge in [-0.1, -0.05) is 30.3 Å². The summed E-state index contributed by atoms with van der Waals surface area (Å²) in [5, 5.41) is 0. The van der Waals surface area contributed by atoms with Crippen LogP contribution in [-0.4, -0.2) is 44.2 Å². The highest BCUT2D eigenvalue weighted by Crippen LogP contribution is 2.24. The molecular formula is C20H23NO3. The van der Waals surface area contributed by atoms with Gasteiger partial charge in [-0.2, -0.15) is 0 Å². The van der Waals surface area contributed by atoms with Gasteiger partial charge < -0.3 is 14.4 Å². The minimum Gasteiger partial charge on any atom is -0.496 e. The van der Waals surface area contributed by atoms with Gasteiger partial charge in [-0.05, 0) is 42.2 Å². The van der Waals surface area contributed by atoms with Crippen LogP contribution in [0, 0.1) is 6.92 Å². The quantitative estimate of drug-likeness (QED) is 0.867. The van der Waals surface area contributed by atoms with E-state index < -0.39 is 0 Å². The summed E-state index contributed by atoms with van der Waals surface area (Å²) >= 11 is 0. The van der Waals surface area contributed by atoms with Gasteiger partial charge in [0, 0.05) is 13.1 Å². The molecule has 24 heavy (non-hydrogen) atoms. The number of morpholine rings is 1. The fraction of sp³-hybridized carbons (Fsp3) is 0.350. The van der Waals surface area contributed by atoms with Crippen LogP contribution in [0.4, 0.5) is 0 Å². The zero-order valence-corrected chi connectivity index (χ0v) is 14.2. The second-order valence-electron chi connectivity index (χ2n) is 6.04. The second-order valence-corrected chi connectivity index (χ2v) is 6.04. The van der Waals surface area contributed by atoms with Crippen LogP contribution < -0.4 is 4.74 Å². The maximum Gasteiger partial charge on any atom is 0.257 e. The molecule has 1 amide bonds. The van der Waals surface area contributed by atoms with Crippen LogP contribution in [0.1, 0.15) is 27.0 Å². The summed E-state index contributed by atoms with van der Waals surface area (Å²) in [5.74, 6) is 0.641. The first-order valence-electron chi connectivity index (χ1n) is 8.27. The Labute approximate surface area is 143 Å². The molecule has 1 aliphatic heterocycles. The molecule has 0 aromatic heterocycles. The molecule has 0 saturated carbocycles. The molecule has 2 aromatic carbocycles. The lowest BCUT2D eigenvalue weighted by molar-refractivity contribution is 0.0301. The van der Waals surface area contributed by atoms with Crippen molar-refractivity contribution < 1.29 is 14.3 Å². The molecule has 0 bridgehead atoms. The zero-order chi connectivity index (χ0) is 16.9. The van der Waals surface area contributed by atoms with Gasteiger partial charge in [0.1, 0.15) is 5.75 Å². The first kappa shape index (κ1) is 16.5. The average molecular weight is 325 g/mol. The van der Waals surface area contributed by atoms with Crippen molar-refractivity contribution in [1.82, 2.24) is 4.90 Å². The first-order chi connectivity index (χ1) is 11.7. The number of amides is 1. The number of aryl methyl sites for hydroxylation is 1. The lowest BCUT2D eigenvalue weighted by Gasteiger charge is -2.27. The zero-order valence-electron chi connectivity index (χ0n) is 14.2. The third-order valence-corrected chi connectivity index (χ3v) is 4.45. The highest BCUT2D eigenvalue weighted by Gasteiger charge is 2.22. The summed E-state index contributed by atoms with van der Waals surface area (Å²) in [6.45, 7) is 4.56. The number of ether oxygens (including phenoxy) is 2. The number of methoxy groups -OCH3 is 1. The van der Waals surface area contributed by atoms with E-state index in [2.05, 4.69) is 19.1 Å². The standard InChI is InChI=1S/C20H23NO3/c1-15-5-3-4-6-17(15)13-16-7-8-19(23-2)18(14-16)20(22)21-9-11-24-12-10-21/h3-8,14H,9-13H2,1-2H3. The van der Waals surface area contributed by atoms with E-state index in [4.69, 9.17) is 9.47 Å². The normalized spacial score (nSPS) is 14.5. The lowest BCUT2D eigenvalue weighted by Crippen LogP contribution is -2.40. The molecule has 0 radical (unpaired) electrons. The van der Waals surface area contributed by atoms with E-state index in [9.17, 15) is 4.79 Å². The molecule has 0 atom stereocenters. The van der Waals surface area contributed by atoms with Crippen LogP contribution in [0.25, 0.3) is 0 Å². The number of hydrogen-bond acceptors (Lipinski definition) is 3. The number of benzene rings is 2. The number of carbonyl (C=O) groups is 1. The molecule has 1 fully saturated rings. The van der Waals surface area contributed by atoms with Gasteiger partial charge in [0.2, 0.25) is 0 Å². The van der Waals surface area contributed by atoms with E-state index in [1.54, 1.807) is 7.11 Å². The largest absolute Gasteiger partial charge is 0.496 e. The molecule has 0 spiro atoms. The van der Waals surface area contributed by atoms with Crippen LogP contribution in [0.3, 0.4) is 0 Å². The second kappa shape index (κ2) is 7.49.